The van der Waals surface area contributed by atoms with Crippen LogP contribution in [0, 0.1) is 0 Å². The third-order valence-electron chi connectivity index (χ3n) is 9.11. The molecule has 0 saturated carbocycles. The van der Waals surface area contributed by atoms with E-state index in [1.165, 1.54) is 0 Å². The molecular formula is C40H52Ge2S. The average Bonchev–Trinajstić information content (AvgIpc) is 3.07. The number of benzene rings is 4. The van der Waals surface area contributed by atoms with Gasteiger partial charge in [0, 0.05) is 0 Å². The molecule has 0 aliphatic carbocycles. The van der Waals surface area contributed by atoms with Crippen molar-refractivity contribution in [2.45, 2.75) is 107 Å². The van der Waals surface area contributed by atoms with Gasteiger partial charge in [-0.25, -0.2) is 0 Å². The van der Waals surface area contributed by atoms with Gasteiger partial charge in [0.1, 0.15) is 0 Å². The van der Waals surface area contributed by atoms with Gasteiger partial charge in [-0.3, -0.25) is 0 Å². The predicted molar refractivity (Wildman–Crippen MR) is 198 cm³/mol. The Morgan fingerprint density at radius 2 is 0.488 bits per heavy atom. The van der Waals surface area contributed by atoms with Crippen LogP contribution in [0.15, 0.2) is 72.8 Å². The molecule has 0 bridgehead atoms. The van der Waals surface area contributed by atoms with Crippen molar-refractivity contribution in [2.75, 3.05) is 0 Å². The fourth-order valence-corrected chi connectivity index (χ4v) is 46.9. The Morgan fingerprint density at radius 3 is 0.628 bits per heavy atom. The molecule has 0 unspecified atom stereocenters. The Bertz CT molecular complexity index is 1190. The Balaban J connectivity index is 2.15. The van der Waals surface area contributed by atoms with E-state index in [1.54, 1.807) is 62.1 Å². The van der Waals surface area contributed by atoms with Gasteiger partial charge in [-0.2, -0.15) is 0 Å². The minimum atomic E-state index is -2.12. The standard InChI is InChI=1S/C40H52Ge2S/c1-9-29-21-17-22-30(10-2)37(29)41(38-31(11-3)23-18-24-32(38)12-4)43-42(39-33(13-5)25-19-26-34(39)14-6)40-35(15-7)27-20-28-36(40)16-8/h17-28H,9-16H2,1-8H3. The molecule has 4 aromatic carbocycles. The molecule has 43 heavy (non-hydrogen) atoms. The summed E-state index contributed by atoms with van der Waals surface area (Å²) in [6.07, 6.45) is 8.91. The zero-order valence-corrected chi connectivity index (χ0v) is 33.0. The molecule has 0 fully saturated rings. The Morgan fingerprint density at radius 1 is 0.326 bits per heavy atom. The summed E-state index contributed by atoms with van der Waals surface area (Å²) in [5.74, 6) is 0. The topological polar surface area (TPSA) is 0 Å². The van der Waals surface area contributed by atoms with Crippen LogP contribution >= 0.6 is 8.41 Å². The Labute approximate surface area is 274 Å². The molecule has 0 spiro atoms. The third kappa shape index (κ3) is 7.26. The number of hydrogen-bond acceptors (Lipinski definition) is 1. The van der Waals surface area contributed by atoms with Crippen LogP contribution in [-0.4, -0.2) is 26.4 Å². The zero-order chi connectivity index (χ0) is 30.9. The van der Waals surface area contributed by atoms with Gasteiger partial charge < -0.3 is 0 Å². The van der Waals surface area contributed by atoms with Gasteiger partial charge in [0.15, 0.2) is 0 Å². The first-order valence-corrected chi connectivity index (χ1v) is 27.0. The van der Waals surface area contributed by atoms with E-state index >= 15 is 0 Å². The number of aryl methyl sites for hydroxylation is 8. The summed E-state index contributed by atoms with van der Waals surface area (Å²) in [6, 6.07) is 29.0. The summed E-state index contributed by atoms with van der Waals surface area (Å²) in [7, 11) is 2.57. The number of rotatable bonds is 14. The summed E-state index contributed by atoms with van der Waals surface area (Å²) in [4.78, 5) is 0. The van der Waals surface area contributed by atoms with Crippen LogP contribution in [-0.2, 0) is 51.4 Å². The van der Waals surface area contributed by atoms with Gasteiger partial charge in [-0.1, -0.05) is 0 Å². The maximum atomic E-state index is 2.57. The first-order valence-electron chi connectivity index (χ1n) is 16.9. The second-order valence-corrected chi connectivity index (χ2v) is 30.8. The van der Waals surface area contributed by atoms with E-state index in [1.807, 2.05) is 0 Å². The van der Waals surface area contributed by atoms with Crippen molar-refractivity contribution in [1.82, 2.24) is 0 Å². The molecule has 4 rings (SSSR count). The average molecular weight is 710 g/mol. The summed E-state index contributed by atoms with van der Waals surface area (Å²) in [5, 5.41) is 0. The van der Waals surface area contributed by atoms with E-state index in [2.05, 4.69) is 137 Å². The quantitative estimate of drug-likeness (QED) is 0.120. The summed E-state index contributed by atoms with van der Waals surface area (Å²) < 4.78 is 7.10. The van der Waals surface area contributed by atoms with Crippen LogP contribution in [0.3, 0.4) is 0 Å². The predicted octanol–water partition coefficient (Wildman–Crippen LogP) is 7.83. The van der Waals surface area contributed by atoms with E-state index in [9.17, 15) is 0 Å². The zero-order valence-electron chi connectivity index (χ0n) is 28.0. The van der Waals surface area contributed by atoms with Crippen molar-refractivity contribution in [2.24, 2.45) is 0 Å². The van der Waals surface area contributed by atoms with E-state index < -0.39 is 26.4 Å². The minimum absolute atomic E-state index is 1.11. The SMILES string of the molecule is CCc1cccc(CC)[c]1[Ge]([S][Ge]([c]1c(CC)cccc1CC)[c]1c(CC)cccc1CC)[c]1c(CC)cccc1CC. The van der Waals surface area contributed by atoms with E-state index in [4.69, 9.17) is 0 Å². The van der Waals surface area contributed by atoms with Crippen molar-refractivity contribution in [3.05, 3.63) is 117 Å². The van der Waals surface area contributed by atoms with Crippen LogP contribution in [0.4, 0.5) is 0 Å². The molecule has 0 aromatic heterocycles. The van der Waals surface area contributed by atoms with Gasteiger partial charge in [0.05, 0.1) is 0 Å². The molecule has 0 nitrogen and oxygen atoms in total. The summed E-state index contributed by atoms with van der Waals surface area (Å²) in [5.41, 5.74) is 12.8. The van der Waals surface area contributed by atoms with Crippen LogP contribution < -0.4 is 17.6 Å². The molecule has 4 aromatic rings. The van der Waals surface area contributed by atoms with E-state index in [-0.39, 0.29) is 0 Å². The molecule has 0 N–H and O–H groups in total. The maximum absolute atomic E-state index is 2.57. The van der Waals surface area contributed by atoms with E-state index in [0.29, 0.717) is 0 Å². The van der Waals surface area contributed by atoms with Crippen LogP contribution in [0.5, 0.6) is 0 Å². The van der Waals surface area contributed by atoms with Gasteiger partial charge in [0.25, 0.3) is 0 Å². The second kappa shape index (κ2) is 16.6. The molecule has 3 heteroatoms. The first kappa shape index (κ1) is 34.2. The monoisotopic (exact) mass is 712 g/mol. The van der Waals surface area contributed by atoms with Crippen molar-refractivity contribution in [1.29, 1.82) is 0 Å². The summed E-state index contributed by atoms with van der Waals surface area (Å²) in [6.45, 7) is 19.0. The number of hydrogen-bond donors (Lipinski definition) is 0. The molecule has 0 saturated heterocycles. The normalized spacial score (nSPS) is 11.6. The fraction of sp³-hybridized carbons (Fsp3) is 0.400. The third-order valence-corrected chi connectivity index (χ3v) is 38.9. The van der Waals surface area contributed by atoms with Gasteiger partial charge >= 0.3 is 276 Å². The van der Waals surface area contributed by atoms with E-state index in [0.717, 1.165) is 51.4 Å². The molecule has 226 valence electrons. The molecule has 0 heterocycles. The fourth-order valence-electron chi connectivity index (χ4n) is 6.69. The molecule has 2 radical (unpaired) electrons. The van der Waals surface area contributed by atoms with Gasteiger partial charge in [-0.15, -0.1) is 0 Å². The van der Waals surface area contributed by atoms with Crippen molar-refractivity contribution in [3.8, 4) is 0 Å². The Kier molecular flexibility index (Phi) is 13.2. The van der Waals surface area contributed by atoms with Gasteiger partial charge in [-0.05, 0) is 0 Å². The van der Waals surface area contributed by atoms with Crippen LogP contribution in [0.25, 0.3) is 0 Å². The molecular weight excluding hydrogens is 658 g/mol. The molecule has 0 atom stereocenters. The van der Waals surface area contributed by atoms with Gasteiger partial charge in [0.2, 0.25) is 0 Å². The Hall–Kier alpha value is -1.68. The summed E-state index contributed by atoms with van der Waals surface area (Å²) >= 11 is -4.24. The second-order valence-electron chi connectivity index (χ2n) is 11.4. The first-order chi connectivity index (χ1) is 21.0. The molecule has 0 amide bonds. The van der Waals surface area contributed by atoms with Crippen molar-refractivity contribution < 1.29 is 0 Å². The van der Waals surface area contributed by atoms with Crippen molar-refractivity contribution in [3.63, 3.8) is 0 Å². The molecule has 0 aliphatic heterocycles. The van der Waals surface area contributed by atoms with Crippen LogP contribution in [0.1, 0.15) is 99.9 Å². The van der Waals surface area contributed by atoms with Crippen LogP contribution in [0.2, 0.25) is 0 Å². The van der Waals surface area contributed by atoms with Crippen molar-refractivity contribution >= 4 is 52.4 Å². The molecule has 0 aliphatic rings.